The molecule has 0 aromatic heterocycles. The summed E-state index contributed by atoms with van der Waals surface area (Å²) in [6.45, 7) is 11.0. The lowest BCUT2D eigenvalue weighted by Gasteiger charge is -2.05. The summed E-state index contributed by atoms with van der Waals surface area (Å²) in [4.78, 5) is 0. The van der Waals surface area contributed by atoms with Crippen LogP contribution in [0.15, 0.2) is 30.3 Å². The molecule has 0 bridgehead atoms. The third-order valence-electron chi connectivity index (χ3n) is 2.21. The maximum Gasteiger partial charge on any atom is 0.0713 e. The Labute approximate surface area is 109 Å². The molecule has 0 radical (unpaired) electrons. The van der Waals surface area contributed by atoms with Crippen molar-refractivity contribution >= 4 is 0 Å². The average molecular weight is 241 g/mol. The van der Waals surface area contributed by atoms with Crippen LogP contribution in [0, 0.1) is 5.92 Å². The highest BCUT2D eigenvalue weighted by atomic mass is 16.5. The fourth-order valence-electron chi connectivity index (χ4n) is 0.741. The summed E-state index contributed by atoms with van der Waals surface area (Å²) in [6.07, 6.45) is 0. The van der Waals surface area contributed by atoms with E-state index in [-0.39, 0.29) is 1.43 Å². The number of rotatable bonds is 3. The zero-order chi connectivity index (χ0) is 13.7. The molecule has 102 valence electrons. The van der Waals surface area contributed by atoms with Crippen LogP contribution in [0.5, 0.6) is 0 Å². The number of methoxy groups -OCH3 is 1. The van der Waals surface area contributed by atoms with Crippen molar-refractivity contribution in [3.8, 4) is 0 Å². The van der Waals surface area contributed by atoms with Crippen LogP contribution in [0.1, 0.15) is 41.6 Å². The Morgan fingerprint density at radius 2 is 1.53 bits per heavy atom. The normalized spacial score (nSPS) is 10.8. The van der Waals surface area contributed by atoms with E-state index in [1.54, 1.807) is 7.11 Å². The summed E-state index contributed by atoms with van der Waals surface area (Å²) in [5.41, 5.74) is 6.66. The van der Waals surface area contributed by atoms with Crippen molar-refractivity contribution in [3.63, 3.8) is 0 Å². The zero-order valence-corrected chi connectivity index (χ0v) is 12.2. The minimum absolute atomic E-state index is 0. The van der Waals surface area contributed by atoms with Gasteiger partial charge in [0.2, 0.25) is 0 Å². The lowest BCUT2D eigenvalue weighted by Crippen LogP contribution is -2.21. The Morgan fingerprint density at radius 3 is 1.82 bits per heavy atom. The summed E-state index contributed by atoms with van der Waals surface area (Å²) in [5.74, 6) is 0.630. The topological polar surface area (TPSA) is 35.2 Å². The van der Waals surface area contributed by atoms with Crippen LogP contribution in [0.3, 0.4) is 0 Å². The SMILES string of the molecule is CC.CC(C)[C@@H](C)N.COCc1ccccc1.[HH]. The molecule has 0 unspecified atom stereocenters. The second-order valence-electron chi connectivity index (χ2n) is 4.02. The predicted molar refractivity (Wildman–Crippen MR) is 79.1 cm³/mol. The van der Waals surface area contributed by atoms with E-state index in [1.165, 1.54) is 5.56 Å². The van der Waals surface area contributed by atoms with Crippen LogP contribution in [0.2, 0.25) is 0 Å². The van der Waals surface area contributed by atoms with E-state index >= 15 is 0 Å². The third-order valence-corrected chi connectivity index (χ3v) is 2.21. The molecule has 0 spiro atoms. The van der Waals surface area contributed by atoms with Gasteiger partial charge in [0.1, 0.15) is 0 Å². The first-order chi connectivity index (χ1) is 8.07. The Hall–Kier alpha value is -0.860. The van der Waals surface area contributed by atoms with Gasteiger partial charge in [0, 0.05) is 14.6 Å². The predicted octanol–water partition coefficient (Wildman–Crippen LogP) is 4.09. The number of ether oxygens (including phenoxy) is 1. The van der Waals surface area contributed by atoms with Gasteiger partial charge >= 0.3 is 0 Å². The second-order valence-corrected chi connectivity index (χ2v) is 4.02. The summed E-state index contributed by atoms with van der Waals surface area (Å²) < 4.78 is 4.93. The highest BCUT2D eigenvalue weighted by molar-refractivity contribution is 5.13. The highest BCUT2D eigenvalue weighted by Crippen LogP contribution is 1.98. The summed E-state index contributed by atoms with van der Waals surface area (Å²) >= 11 is 0. The van der Waals surface area contributed by atoms with Gasteiger partial charge in [-0.05, 0) is 18.4 Å². The van der Waals surface area contributed by atoms with Gasteiger partial charge in [0.15, 0.2) is 0 Å². The molecule has 0 heterocycles. The van der Waals surface area contributed by atoms with Crippen LogP contribution in [0.25, 0.3) is 0 Å². The summed E-state index contributed by atoms with van der Waals surface area (Å²) in [5, 5.41) is 0. The van der Waals surface area contributed by atoms with Gasteiger partial charge < -0.3 is 10.5 Å². The number of benzene rings is 1. The monoisotopic (exact) mass is 241 g/mol. The standard InChI is InChI=1S/C8H10O.C5H13N.C2H6.H2/c1-9-7-8-5-3-2-4-6-8;1-4(2)5(3)6;1-2;/h2-6H,7H2,1H3;4-5H,6H2,1-3H3;1-2H3;1H/t;5-;;/m.1../s1. The molecule has 0 aliphatic carbocycles. The van der Waals surface area contributed by atoms with Gasteiger partial charge in [-0.2, -0.15) is 0 Å². The zero-order valence-electron chi connectivity index (χ0n) is 12.2. The molecular weight excluding hydrogens is 210 g/mol. The molecule has 0 aliphatic heterocycles. The van der Waals surface area contributed by atoms with Gasteiger partial charge in [0.25, 0.3) is 0 Å². The van der Waals surface area contributed by atoms with Gasteiger partial charge in [-0.1, -0.05) is 58.0 Å². The maximum absolute atomic E-state index is 5.44. The quantitative estimate of drug-likeness (QED) is 0.865. The lowest BCUT2D eigenvalue weighted by molar-refractivity contribution is 0.185. The van der Waals surface area contributed by atoms with Crippen LogP contribution < -0.4 is 5.73 Å². The molecule has 0 saturated heterocycles. The lowest BCUT2D eigenvalue weighted by atomic mass is 10.1. The average Bonchev–Trinajstić information content (AvgIpc) is 2.34. The first-order valence-electron chi connectivity index (χ1n) is 6.36. The minimum atomic E-state index is 0. The van der Waals surface area contributed by atoms with Gasteiger partial charge in [-0.15, -0.1) is 0 Å². The van der Waals surface area contributed by atoms with Crippen LogP contribution in [-0.2, 0) is 11.3 Å². The van der Waals surface area contributed by atoms with Gasteiger partial charge in [0.05, 0.1) is 6.61 Å². The van der Waals surface area contributed by atoms with Crippen molar-refractivity contribution in [2.75, 3.05) is 7.11 Å². The fourth-order valence-corrected chi connectivity index (χ4v) is 0.741. The van der Waals surface area contributed by atoms with Crippen molar-refractivity contribution < 1.29 is 6.16 Å². The van der Waals surface area contributed by atoms with E-state index in [1.807, 2.05) is 51.1 Å². The van der Waals surface area contributed by atoms with Crippen LogP contribution >= 0.6 is 0 Å². The van der Waals surface area contributed by atoms with E-state index in [0.29, 0.717) is 18.6 Å². The van der Waals surface area contributed by atoms with E-state index < -0.39 is 0 Å². The fraction of sp³-hybridized carbons (Fsp3) is 0.600. The molecule has 0 saturated carbocycles. The minimum Gasteiger partial charge on any atom is -0.380 e. The highest BCUT2D eigenvalue weighted by Gasteiger charge is 1.95. The summed E-state index contributed by atoms with van der Waals surface area (Å²) in [6, 6.07) is 10.5. The van der Waals surface area contributed by atoms with E-state index in [4.69, 9.17) is 10.5 Å². The summed E-state index contributed by atoms with van der Waals surface area (Å²) in [7, 11) is 1.70. The molecular formula is C15H31NO. The van der Waals surface area contributed by atoms with Crippen molar-refractivity contribution in [2.24, 2.45) is 11.7 Å². The van der Waals surface area contributed by atoms with Crippen LogP contribution in [0.4, 0.5) is 0 Å². The molecule has 2 N–H and O–H groups in total. The number of hydrogen-bond donors (Lipinski definition) is 1. The Balaban J connectivity index is -0.000000222. The first kappa shape index (κ1) is 18.5. The molecule has 1 aromatic carbocycles. The molecule has 17 heavy (non-hydrogen) atoms. The van der Waals surface area contributed by atoms with Gasteiger partial charge in [-0.25, -0.2) is 0 Å². The first-order valence-corrected chi connectivity index (χ1v) is 6.36. The second kappa shape index (κ2) is 13.2. The molecule has 1 atom stereocenters. The number of nitrogens with two attached hydrogens (primary N) is 1. The molecule has 1 rings (SSSR count). The Kier molecular flexibility index (Phi) is 14.4. The Morgan fingerprint density at radius 1 is 1.12 bits per heavy atom. The van der Waals surface area contributed by atoms with Crippen molar-refractivity contribution in [3.05, 3.63) is 35.9 Å². The van der Waals surface area contributed by atoms with Crippen molar-refractivity contribution in [2.45, 2.75) is 47.3 Å². The third kappa shape index (κ3) is 13.1. The molecule has 0 aliphatic rings. The smallest absolute Gasteiger partial charge is 0.0713 e. The molecule has 2 heteroatoms. The molecule has 2 nitrogen and oxygen atoms in total. The molecule has 1 aromatic rings. The van der Waals surface area contributed by atoms with Gasteiger partial charge in [-0.3, -0.25) is 0 Å². The van der Waals surface area contributed by atoms with Crippen molar-refractivity contribution in [1.82, 2.24) is 0 Å². The van der Waals surface area contributed by atoms with E-state index in [0.717, 1.165) is 0 Å². The van der Waals surface area contributed by atoms with Crippen LogP contribution in [-0.4, -0.2) is 13.2 Å². The molecule has 0 amide bonds. The maximum atomic E-state index is 5.44. The van der Waals surface area contributed by atoms with E-state index in [9.17, 15) is 0 Å². The number of hydrogen-bond acceptors (Lipinski definition) is 2. The van der Waals surface area contributed by atoms with E-state index in [2.05, 4.69) is 13.8 Å². The van der Waals surface area contributed by atoms with Crippen molar-refractivity contribution in [1.29, 1.82) is 0 Å². The Bertz CT molecular complexity index is 232. The largest absolute Gasteiger partial charge is 0.380 e. The molecule has 0 fully saturated rings.